The van der Waals surface area contributed by atoms with Crippen molar-refractivity contribution >= 4 is 23.4 Å². The second kappa shape index (κ2) is 10.3. The van der Waals surface area contributed by atoms with Gasteiger partial charge in [-0.05, 0) is 44.0 Å². The number of para-hydroxylation sites is 2. The average Bonchev–Trinajstić information content (AvgIpc) is 3.10. The number of nitrogens with zero attached hydrogens (tertiary/aromatic N) is 5. The molecular formula is C23H32N6O2. The molecule has 0 saturated carbocycles. The first-order valence-electron chi connectivity index (χ1n) is 11.4. The molecule has 2 aliphatic heterocycles. The molecule has 8 nitrogen and oxygen atoms in total. The van der Waals surface area contributed by atoms with Crippen LogP contribution in [0.2, 0.25) is 0 Å². The van der Waals surface area contributed by atoms with E-state index in [9.17, 15) is 4.79 Å². The molecule has 0 bridgehead atoms. The van der Waals surface area contributed by atoms with Crippen LogP contribution < -0.4 is 19.9 Å². The topological polar surface area (TPSA) is 73.8 Å². The molecule has 1 N–H and O–H groups in total. The first-order valence-corrected chi connectivity index (χ1v) is 11.4. The number of aromatic nitrogens is 2. The number of carbonyl (C=O) groups is 1. The predicted octanol–water partition coefficient (Wildman–Crippen LogP) is 3.61. The molecule has 166 valence electrons. The summed E-state index contributed by atoms with van der Waals surface area (Å²) in [5.74, 6) is 2.54. The summed E-state index contributed by atoms with van der Waals surface area (Å²) in [6, 6.07) is 11.6. The smallest absolute Gasteiger partial charge is 0.322 e. The molecule has 2 aliphatic rings. The SMILES string of the molecule is CCOc1ccccc1NC(=O)N1CCN(c2ccc(N3CCCCCC3)nn2)CC1. The number of piperazine rings is 1. The molecule has 0 atom stereocenters. The van der Waals surface area contributed by atoms with E-state index in [1.54, 1.807) is 0 Å². The highest BCUT2D eigenvalue weighted by Gasteiger charge is 2.23. The number of nitrogens with one attached hydrogen (secondary N) is 1. The lowest BCUT2D eigenvalue weighted by molar-refractivity contribution is 0.208. The van der Waals surface area contributed by atoms with Crippen molar-refractivity contribution in [3.05, 3.63) is 36.4 Å². The number of rotatable bonds is 5. The summed E-state index contributed by atoms with van der Waals surface area (Å²) in [4.78, 5) is 19.1. The van der Waals surface area contributed by atoms with Gasteiger partial charge in [0, 0.05) is 39.3 Å². The minimum atomic E-state index is -0.102. The number of benzene rings is 1. The maximum Gasteiger partial charge on any atom is 0.322 e. The summed E-state index contributed by atoms with van der Waals surface area (Å²) < 4.78 is 5.60. The first kappa shape index (κ1) is 21.2. The lowest BCUT2D eigenvalue weighted by atomic mass is 10.2. The Morgan fingerprint density at radius 2 is 1.48 bits per heavy atom. The Kier molecular flexibility index (Phi) is 7.07. The molecule has 2 fully saturated rings. The van der Waals surface area contributed by atoms with Gasteiger partial charge in [0.25, 0.3) is 0 Å². The number of urea groups is 1. The summed E-state index contributed by atoms with van der Waals surface area (Å²) in [7, 11) is 0. The van der Waals surface area contributed by atoms with Gasteiger partial charge in [0.05, 0.1) is 12.3 Å². The molecule has 4 rings (SSSR count). The van der Waals surface area contributed by atoms with Crippen LogP contribution in [0.15, 0.2) is 36.4 Å². The molecule has 8 heteroatoms. The minimum Gasteiger partial charge on any atom is -0.492 e. The van der Waals surface area contributed by atoms with Gasteiger partial charge in [0.1, 0.15) is 5.75 Å². The zero-order valence-electron chi connectivity index (χ0n) is 18.3. The fourth-order valence-electron chi connectivity index (χ4n) is 4.14. The van der Waals surface area contributed by atoms with Crippen molar-refractivity contribution in [3.63, 3.8) is 0 Å². The van der Waals surface area contributed by atoms with Gasteiger partial charge < -0.3 is 24.8 Å². The third kappa shape index (κ3) is 5.37. The average molecular weight is 425 g/mol. The molecule has 2 amide bonds. The van der Waals surface area contributed by atoms with Crippen molar-refractivity contribution in [1.29, 1.82) is 0 Å². The monoisotopic (exact) mass is 424 g/mol. The summed E-state index contributed by atoms with van der Waals surface area (Å²) in [5.41, 5.74) is 0.701. The second-order valence-electron chi connectivity index (χ2n) is 7.98. The van der Waals surface area contributed by atoms with E-state index in [-0.39, 0.29) is 6.03 Å². The largest absolute Gasteiger partial charge is 0.492 e. The fraction of sp³-hybridized carbons (Fsp3) is 0.522. The third-order valence-corrected chi connectivity index (χ3v) is 5.89. The van der Waals surface area contributed by atoms with Crippen molar-refractivity contribution in [2.45, 2.75) is 32.6 Å². The van der Waals surface area contributed by atoms with Gasteiger partial charge in [0.2, 0.25) is 0 Å². The molecule has 3 heterocycles. The van der Waals surface area contributed by atoms with E-state index in [0.717, 1.165) is 37.8 Å². The number of hydrogen-bond acceptors (Lipinski definition) is 6. The van der Waals surface area contributed by atoms with E-state index in [2.05, 4.69) is 37.4 Å². The zero-order chi connectivity index (χ0) is 21.5. The molecule has 0 radical (unpaired) electrons. The maximum absolute atomic E-state index is 12.7. The Morgan fingerprint density at radius 3 is 2.10 bits per heavy atom. The van der Waals surface area contributed by atoms with Gasteiger partial charge in [-0.3, -0.25) is 0 Å². The predicted molar refractivity (Wildman–Crippen MR) is 123 cm³/mol. The van der Waals surface area contributed by atoms with E-state index in [0.29, 0.717) is 31.1 Å². The van der Waals surface area contributed by atoms with E-state index in [1.807, 2.05) is 36.1 Å². The Balaban J connectivity index is 1.30. The van der Waals surface area contributed by atoms with Crippen LogP contribution in [0.25, 0.3) is 0 Å². The molecule has 1 aromatic carbocycles. The number of ether oxygens (including phenoxy) is 1. The van der Waals surface area contributed by atoms with E-state index < -0.39 is 0 Å². The van der Waals surface area contributed by atoms with Gasteiger partial charge >= 0.3 is 6.03 Å². The molecule has 1 aromatic heterocycles. The second-order valence-corrected chi connectivity index (χ2v) is 7.98. The van der Waals surface area contributed by atoms with Crippen molar-refractivity contribution in [2.24, 2.45) is 0 Å². The minimum absolute atomic E-state index is 0.102. The van der Waals surface area contributed by atoms with Gasteiger partial charge in [-0.15, -0.1) is 10.2 Å². The van der Waals surface area contributed by atoms with Crippen molar-refractivity contribution in [3.8, 4) is 5.75 Å². The molecule has 0 aliphatic carbocycles. The summed E-state index contributed by atoms with van der Waals surface area (Å²) >= 11 is 0. The quantitative estimate of drug-likeness (QED) is 0.790. The van der Waals surface area contributed by atoms with Gasteiger partial charge in [-0.1, -0.05) is 25.0 Å². The highest BCUT2D eigenvalue weighted by Crippen LogP contribution is 2.24. The summed E-state index contributed by atoms with van der Waals surface area (Å²) in [6.45, 7) is 7.36. The van der Waals surface area contributed by atoms with Gasteiger partial charge in [-0.2, -0.15) is 0 Å². The summed E-state index contributed by atoms with van der Waals surface area (Å²) in [5, 5.41) is 11.9. The van der Waals surface area contributed by atoms with E-state index in [1.165, 1.54) is 25.7 Å². The fourth-order valence-corrected chi connectivity index (χ4v) is 4.14. The number of amides is 2. The van der Waals surface area contributed by atoms with Crippen LogP contribution in [-0.4, -0.2) is 67.0 Å². The molecule has 2 aromatic rings. The van der Waals surface area contributed by atoms with Crippen LogP contribution in [0.3, 0.4) is 0 Å². The normalized spacial score (nSPS) is 17.3. The van der Waals surface area contributed by atoms with Crippen molar-refractivity contribution < 1.29 is 9.53 Å². The van der Waals surface area contributed by atoms with Crippen LogP contribution in [0.1, 0.15) is 32.6 Å². The number of hydrogen-bond donors (Lipinski definition) is 1. The van der Waals surface area contributed by atoms with Crippen molar-refractivity contribution in [2.75, 3.05) is 61.0 Å². The summed E-state index contributed by atoms with van der Waals surface area (Å²) in [6.07, 6.45) is 5.05. The van der Waals surface area contributed by atoms with Crippen LogP contribution in [-0.2, 0) is 0 Å². The molecule has 31 heavy (non-hydrogen) atoms. The van der Waals surface area contributed by atoms with E-state index >= 15 is 0 Å². The van der Waals surface area contributed by atoms with Crippen molar-refractivity contribution in [1.82, 2.24) is 15.1 Å². The highest BCUT2D eigenvalue weighted by molar-refractivity contribution is 5.91. The molecular weight excluding hydrogens is 392 g/mol. The first-order chi connectivity index (χ1) is 15.2. The Hall–Kier alpha value is -3.03. The Morgan fingerprint density at radius 1 is 0.871 bits per heavy atom. The maximum atomic E-state index is 12.7. The van der Waals surface area contributed by atoms with E-state index in [4.69, 9.17) is 4.74 Å². The molecule has 2 saturated heterocycles. The molecule has 0 unspecified atom stereocenters. The van der Waals surface area contributed by atoms with Crippen LogP contribution in [0, 0.1) is 0 Å². The molecule has 0 spiro atoms. The third-order valence-electron chi connectivity index (χ3n) is 5.89. The standard InChI is InChI=1S/C23H32N6O2/c1-2-31-20-10-6-5-9-19(20)24-23(30)29-17-15-28(16-18-29)22-12-11-21(25-26-22)27-13-7-3-4-8-14-27/h5-6,9-12H,2-4,7-8,13-18H2,1H3,(H,24,30). The van der Waals surface area contributed by atoms with Gasteiger partial charge in [0.15, 0.2) is 11.6 Å². The lowest BCUT2D eigenvalue weighted by Crippen LogP contribution is -2.50. The van der Waals surface area contributed by atoms with Gasteiger partial charge in [-0.25, -0.2) is 4.79 Å². The van der Waals surface area contributed by atoms with Crippen LogP contribution in [0.5, 0.6) is 5.75 Å². The van der Waals surface area contributed by atoms with Crippen LogP contribution in [0.4, 0.5) is 22.1 Å². The number of carbonyl (C=O) groups excluding carboxylic acids is 1. The highest BCUT2D eigenvalue weighted by atomic mass is 16.5. The lowest BCUT2D eigenvalue weighted by Gasteiger charge is -2.35. The Labute approximate surface area is 184 Å². The zero-order valence-corrected chi connectivity index (χ0v) is 18.3. The van der Waals surface area contributed by atoms with Crippen LogP contribution >= 0.6 is 0 Å². The number of anilines is 3. The Bertz CT molecular complexity index is 843.